The summed E-state index contributed by atoms with van der Waals surface area (Å²) in [5.74, 6) is -1.14. The smallest absolute Gasteiger partial charge is 0.416 e. The van der Waals surface area contributed by atoms with Crippen LogP contribution in [0.25, 0.3) is 0 Å². The number of carboxylic acids is 1. The standard InChI is InChI=1S/C25H28F3N3O3/c26-25(27,28)20-5-2-1-4-18(20)21-6-3-13-30(21)23(32)19-14-29-31(22(19)15-7-8-15)17-11-9-16(10-12-17)24(33)34/h1-2,4-5,14-17,21H,3,6-13H2,(H,33,34). The van der Waals surface area contributed by atoms with Crippen LogP contribution in [0.2, 0.25) is 0 Å². The fraction of sp³-hybridized carbons (Fsp3) is 0.560. The lowest BCUT2D eigenvalue weighted by Crippen LogP contribution is -2.32. The first-order chi connectivity index (χ1) is 16.3. The van der Waals surface area contributed by atoms with Gasteiger partial charge in [0.1, 0.15) is 0 Å². The molecule has 34 heavy (non-hydrogen) atoms. The third-order valence-electron chi connectivity index (χ3n) is 7.56. The average molecular weight is 476 g/mol. The average Bonchev–Trinajstić information content (AvgIpc) is 3.37. The van der Waals surface area contributed by atoms with Gasteiger partial charge in [-0.25, -0.2) is 0 Å². The van der Waals surface area contributed by atoms with Crippen LogP contribution in [0.5, 0.6) is 0 Å². The van der Waals surface area contributed by atoms with E-state index in [0.717, 1.165) is 24.6 Å². The number of benzene rings is 1. The van der Waals surface area contributed by atoms with Gasteiger partial charge in [-0.2, -0.15) is 18.3 Å². The molecule has 1 saturated heterocycles. The molecule has 2 heterocycles. The molecule has 1 atom stereocenters. The SMILES string of the molecule is O=C(O)C1CCC(n2ncc(C(=O)N3CCCC3c3ccccc3C(F)(F)F)c2C2CC2)CC1. The van der Waals surface area contributed by atoms with Crippen LogP contribution >= 0.6 is 0 Å². The number of alkyl halides is 3. The molecule has 1 aromatic carbocycles. The van der Waals surface area contributed by atoms with Crippen LogP contribution in [0.15, 0.2) is 30.5 Å². The number of rotatable bonds is 5. The van der Waals surface area contributed by atoms with E-state index in [0.29, 0.717) is 50.6 Å². The van der Waals surface area contributed by atoms with E-state index in [1.165, 1.54) is 12.1 Å². The molecular weight excluding hydrogens is 447 g/mol. The van der Waals surface area contributed by atoms with Crippen molar-refractivity contribution in [3.8, 4) is 0 Å². The number of likely N-dealkylation sites (tertiary alicyclic amines) is 1. The Labute approximate surface area is 195 Å². The molecule has 1 amide bonds. The minimum atomic E-state index is -4.48. The molecule has 1 aliphatic heterocycles. The van der Waals surface area contributed by atoms with E-state index in [1.807, 2.05) is 4.68 Å². The predicted octanol–water partition coefficient (Wildman–Crippen LogP) is 5.57. The summed E-state index contributed by atoms with van der Waals surface area (Å²) >= 11 is 0. The number of carboxylic acid groups (broad SMARTS) is 1. The van der Waals surface area contributed by atoms with Gasteiger partial charge in [0.05, 0.1) is 41.0 Å². The van der Waals surface area contributed by atoms with Crippen LogP contribution in [0.1, 0.15) is 96.5 Å². The fourth-order valence-electron chi connectivity index (χ4n) is 5.69. The van der Waals surface area contributed by atoms with E-state index in [2.05, 4.69) is 5.10 Å². The van der Waals surface area contributed by atoms with Gasteiger partial charge in [0.25, 0.3) is 5.91 Å². The van der Waals surface area contributed by atoms with Crippen LogP contribution < -0.4 is 0 Å². The Morgan fingerprint density at radius 3 is 2.35 bits per heavy atom. The first-order valence-electron chi connectivity index (χ1n) is 12.0. The minimum Gasteiger partial charge on any atom is -0.481 e. The van der Waals surface area contributed by atoms with Crippen molar-refractivity contribution < 1.29 is 27.9 Å². The fourth-order valence-corrected chi connectivity index (χ4v) is 5.69. The zero-order chi connectivity index (χ0) is 24.0. The molecule has 2 aromatic rings. The highest BCUT2D eigenvalue weighted by atomic mass is 19.4. The first-order valence-corrected chi connectivity index (χ1v) is 12.0. The Hall–Kier alpha value is -2.84. The summed E-state index contributed by atoms with van der Waals surface area (Å²) in [6.45, 7) is 0.411. The van der Waals surface area contributed by atoms with E-state index < -0.39 is 23.8 Å². The van der Waals surface area contributed by atoms with E-state index >= 15 is 0 Å². The van der Waals surface area contributed by atoms with Gasteiger partial charge >= 0.3 is 12.1 Å². The van der Waals surface area contributed by atoms with Crippen molar-refractivity contribution in [1.82, 2.24) is 14.7 Å². The molecule has 0 spiro atoms. The molecule has 1 unspecified atom stereocenters. The minimum absolute atomic E-state index is 0.0491. The normalized spacial score (nSPS) is 25.5. The first kappa shape index (κ1) is 22.9. The monoisotopic (exact) mass is 475 g/mol. The molecule has 2 aliphatic carbocycles. The molecule has 1 N–H and O–H groups in total. The molecule has 182 valence electrons. The van der Waals surface area contributed by atoms with E-state index in [4.69, 9.17) is 0 Å². The van der Waals surface area contributed by atoms with Crippen LogP contribution in [0.4, 0.5) is 13.2 Å². The van der Waals surface area contributed by atoms with Crippen LogP contribution in [-0.2, 0) is 11.0 Å². The van der Waals surface area contributed by atoms with Crippen LogP contribution in [0, 0.1) is 5.92 Å². The zero-order valence-electron chi connectivity index (χ0n) is 18.8. The van der Waals surface area contributed by atoms with Gasteiger partial charge in [-0.15, -0.1) is 0 Å². The summed E-state index contributed by atoms with van der Waals surface area (Å²) in [7, 11) is 0. The number of halogens is 3. The van der Waals surface area contributed by atoms with E-state index in [1.54, 1.807) is 17.2 Å². The molecule has 9 heteroatoms. The Balaban J connectivity index is 1.43. The van der Waals surface area contributed by atoms with Gasteiger partial charge in [-0.1, -0.05) is 18.2 Å². The summed E-state index contributed by atoms with van der Waals surface area (Å²) in [6.07, 6.45) is 2.68. The van der Waals surface area contributed by atoms with Crippen molar-refractivity contribution >= 4 is 11.9 Å². The number of hydrogen-bond acceptors (Lipinski definition) is 3. The highest BCUT2D eigenvalue weighted by Gasteiger charge is 2.42. The van der Waals surface area contributed by atoms with Crippen LogP contribution in [-0.4, -0.2) is 38.2 Å². The van der Waals surface area contributed by atoms with Gasteiger partial charge in [-0.05, 0) is 63.0 Å². The van der Waals surface area contributed by atoms with Gasteiger partial charge in [0, 0.05) is 12.5 Å². The third kappa shape index (κ3) is 4.20. The molecule has 1 aromatic heterocycles. The Morgan fingerprint density at radius 2 is 1.71 bits per heavy atom. The maximum atomic E-state index is 13.7. The van der Waals surface area contributed by atoms with Crippen LogP contribution in [0.3, 0.4) is 0 Å². The van der Waals surface area contributed by atoms with Gasteiger partial charge in [0.15, 0.2) is 0 Å². The number of hydrogen-bond donors (Lipinski definition) is 1. The lowest BCUT2D eigenvalue weighted by Gasteiger charge is -2.29. The topological polar surface area (TPSA) is 75.4 Å². The summed E-state index contributed by atoms with van der Waals surface area (Å²) in [4.78, 5) is 26.6. The molecular formula is C25H28F3N3O3. The molecule has 3 aliphatic rings. The van der Waals surface area contributed by atoms with Crippen molar-refractivity contribution in [3.63, 3.8) is 0 Å². The maximum absolute atomic E-state index is 13.7. The molecule has 0 bridgehead atoms. The second-order valence-electron chi connectivity index (χ2n) is 9.75. The molecule has 2 saturated carbocycles. The van der Waals surface area contributed by atoms with E-state index in [-0.39, 0.29) is 29.3 Å². The van der Waals surface area contributed by atoms with Crippen molar-refractivity contribution in [2.45, 2.75) is 75.5 Å². The number of carbonyl (C=O) groups excluding carboxylic acids is 1. The molecule has 0 radical (unpaired) electrons. The highest BCUT2D eigenvalue weighted by molar-refractivity contribution is 5.96. The number of nitrogens with zero attached hydrogens (tertiary/aromatic N) is 3. The Morgan fingerprint density at radius 1 is 1.00 bits per heavy atom. The van der Waals surface area contributed by atoms with Gasteiger partial charge in [0.2, 0.25) is 0 Å². The maximum Gasteiger partial charge on any atom is 0.416 e. The number of aromatic nitrogens is 2. The molecule has 3 fully saturated rings. The summed E-state index contributed by atoms with van der Waals surface area (Å²) in [6, 6.07) is 4.96. The van der Waals surface area contributed by atoms with Gasteiger partial charge in [-0.3, -0.25) is 14.3 Å². The Bertz CT molecular complexity index is 1080. The number of aliphatic carboxylic acids is 1. The summed E-state index contributed by atoms with van der Waals surface area (Å²) in [5.41, 5.74) is 0.819. The van der Waals surface area contributed by atoms with Crippen molar-refractivity contribution in [2.75, 3.05) is 6.54 Å². The summed E-state index contributed by atoms with van der Waals surface area (Å²) in [5, 5.41) is 13.9. The van der Waals surface area contributed by atoms with Crippen molar-refractivity contribution in [3.05, 3.63) is 52.8 Å². The van der Waals surface area contributed by atoms with Crippen molar-refractivity contribution in [2.24, 2.45) is 5.92 Å². The highest BCUT2D eigenvalue weighted by Crippen LogP contribution is 2.46. The van der Waals surface area contributed by atoms with Crippen molar-refractivity contribution in [1.29, 1.82) is 0 Å². The molecule has 5 rings (SSSR count). The number of carbonyl (C=O) groups is 2. The quantitative estimate of drug-likeness (QED) is 0.613. The second-order valence-corrected chi connectivity index (χ2v) is 9.75. The van der Waals surface area contributed by atoms with E-state index in [9.17, 15) is 27.9 Å². The lowest BCUT2D eigenvalue weighted by molar-refractivity contribution is -0.143. The number of amides is 1. The van der Waals surface area contributed by atoms with Gasteiger partial charge < -0.3 is 10.0 Å². The lowest BCUT2D eigenvalue weighted by atomic mass is 9.86. The largest absolute Gasteiger partial charge is 0.481 e. The third-order valence-corrected chi connectivity index (χ3v) is 7.56. The Kier molecular flexibility index (Phi) is 5.90. The second kappa shape index (κ2) is 8.74. The zero-order valence-corrected chi connectivity index (χ0v) is 18.8. The predicted molar refractivity (Wildman–Crippen MR) is 117 cm³/mol. The molecule has 6 nitrogen and oxygen atoms in total. The summed E-state index contributed by atoms with van der Waals surface area (Å²) < 4.78 is 42.9.